The molecule has 0 fully saturated rings. The highest BCUT2D eigenvalue weighted by Gasteiger charge is 2.26. The van der Waals surface area contributed by atoms with Gasteiger partial charge in [0.15, 0.2) is 5.76 Å². The van der Waals surface area contributed by atoms with E-state index in [4.69, 9.17) is 4.52 Å². The van der Waals surface area contributed by atoms with E-state index in [-0.39, 0.29) is 10.9 Å². The quantitative estimate of drug-likeness (QED) is 0.922. The van der Waals surface area contributed by atoms with Crippen molar-refractivity contribution < 1.29 is 12.9 Å². The van der Waals surface area contributed by atoms with Crippen LogP contribution in [-0.4, -0.2) is 13.6 Å². The highest BCUT2D eigenvalue weighted by atomic mass is 32.2. The zero-order valence-corrected chi connectivity index (χ0v) is 13.5. The van der Waals surface area contributed by atoms with Gasteiger partial charge in [0.05, 0.1) is 0 Å². The Hall–Kier alpha value is -1.66. The molecule has 2 aromatic rings. The Kier molecular flexibility index (Phi) is 4.49. The second kappa shape index (κ2) is 5.99. The largest absolute Gasteiger partial charge is 0.360 e. The lowest BCUT2D eigenvalue weighted by Crippen LogP contribution is -2.27. The van der Waals surface area contributed by atoms with Crippen LogP contribution in [0.4, 0.5) is 0 Å². The summed E-state index contributed by atoms with van der Waals surface area (Å²) in [6.45, 7) is 7.11. The molecule has 0 aliphatic rings. The van der Waals surface area contributed by atoms with Gasteiger partial charge in [0.2, 0.25) is 10.0 Å². The molecule has 2 rings (SSSR count). The first-order valence-electron chi connectivity index (χ1n) is 6.89. The van der Waals surface area contributed by atoms with Crippen LogP contribution in [0.5, 0.6) is 0 Å². The molecular weight excluding hydrogens is 288 g/mol. The number of benzene rings is 1. The van der Waals surface area contributed by atoms with E-state index >= 15 is 0 Å². The number of hydrogen-bond donors (Lipinski definition) is 1. The predicted molar refractivity (Wildman–Crippen MR) is 80.5 cm³/mol. The summed E-state index contributed by atoms with van der Waals surface area (Å²) in [6, 6.07) is 7.58. The standard InChI is InChI=1S/C15H20N2O3S/c1-5-13-6-8-14(9-7-13)10(2)17-21(18,19)15-11(3)16-20-12(15)4/h6-10,17H,5H2,1-4H3. The summed E-state index contributed by atoms with van der Waals surface area (Å²) in [5, 5.41) is 3.69. The van der Waals surface area contributed by atoms with E-state index in [0.29, 0.717) is 11.5 Å². The predicted octanol–water partition coefficient (Wildman–Crippen LogP) is 2.89. The third-order valence-electron chi connectivity index (χ3n) is 3.46. The Balaban J connectivity index is 2.23. The van der Waals surface area contributed by atoms with E-state index in [1.807, 2.05) is 31.2 Å². The summed E-state index contributed by atoms with van der Waals surface area (Å²) >= 11 is 0. The molecule has 0 saturated heterocycles. The van der Waals surface area contributed by atoms with Gasteiger partial charge in [-0.05, 0) is 38.3 Å². The number of rotatable bonds is 5. The first-order chi connectivity index (χ1) is 9.85. The average Bonchev–Trinajstić information content (AvgIpc) is 2.78. The number of sulfonamides is 1. The summed E-state index contributed by atoms with van der Waals surface area (Å²) < 4.78 is 32.5. The van der Waals surface area contributed by atoms with Gasteiger partial charge < -0.3 is 4.52 Å². The van der Waals surface area contributed by atoms with E-state index in [1.54, 1.807) is 13.8 Å². The zero-order valence-electron chi connectivity index (χ0n) is 12.7. The van der Waals surface area contributed by atoms with Gasteiger partial charge in [-0.25, -0.2) is 13.1 Å². The molecule has 0 amide bonds. The lowest BCUT2D eigenvalue weighted by molar-refractivity contribution is 0.390. The molecule has 0 bridgehead atoms. The van der Waals surface area contributed by atoms with E-state index < -0.39 is 10.0 Å². The molecule has 1 heterocycles. The Bertz CT molecular complexity index is 698. The molecule has 114 valence electrons. The van der Waals surface area contributed by atoms with Crippen molar-refractivity contribution in [2.24, 2.45) is 0 Å². The molecule has 1 unspecified atom stereocenters. The van der Waals surface area contributed by atoms with Gasteiger partial charge in [0.25, 0.3) is 0 Å². The molecule has 6 heteroatoms. The number of nitrogens with zero attached hydrogens (tertiary/aromatic N) is 1. The third kappa shape index (κ3) is 3.33. The van der Waals surface area contributed by atoms with Crippen molar-refractivity contribution in [1.82, 2.24) is 9.88 Å². The van der Waals surface area contributed by atoms with Crippen molar-refractivity contribution in [2.45, 2.75) is 45.1 Å². The molecule has 1 N–H and O–H groups in total. The van der Waals surface area contributed by atoms with Crippen molar-refractivity contribution in [2.75, 3.05) is 0 Å². The molecule has 0 spiro atoms. The summed E-state index contributed by atoms with van der Waals surface area (Å²) in [5.74, 6) is 0.300. The average molecular weight is 308 g/mol. The maximum absolute atomic E-state index is 12.4. The number of aryl methyl sites for hydroxylation is 3. The Morgan fingerprint density at radius 2 is 1.86 bits per heavy atom. The minimum atomic E-state index is -3.65. The third-order valence-corrected chi connectivity index (χ3v) is 5.24. The van der Waals surface area contributed by atoms with Gasteiger partial charge >= 0.3 is 0 Å². The Morgan fingerprint density at radius 3 is 2.33 bits per heavy atom. The zero-order chi connectivity index (χ0) is 15.6. The van der Waals surface area contributed by atoms with E-state index in [2.05, 4.69) is 16.8 Å². The van der Waals surface area contributed by atoms with Crippen molar-refractivity contribution in [3.63, 3.8) is 0 Å². The number of hydrogen-bond acceptors (Lipinski definition) is 4. The van der Waals surface area contributed by atoms with Crippen LogP contribution in [0.1, 0.15) is 42.5 Å². The van der Waals surface area contributed by atoms with Gasteiger partial charge in [-0.1, -0.05) is 36.3 Å². The topological polar surface area (TPSA) is 72.2 Å². The summed E-state index contributed by atoms with van der Waals surface area (Å²) in [7, 11) is -3.65. The van der Waals surface area contributed by atoms with Gasteiger partial charge in [-0.2, -0.15) is 0 Å². The Labute approximate surface area is 125 Å². The van der Waals surface area contributed by atoms with Crippen molar-refractivity contribution in [3.8, 4) is 0 Å². The minimum Gasteiger partial charge on any atom is -0.360 e. The smallest absolute Gasteiger partial charge is 0.246 e. The maximum Gasteiger partial charge on any atom is 0.246 e. The van der Waals surface area contributed by atoms with Crippen LogP contribution in [0.15, 0.2) is 33.7 Å². The Morgan fingerprint density at radius 1 is 1.24 bits per heavy atom. The molecule has 1 atom stereocenters. The first kappa shape index (κ1) is 15.7. The normalized spacial score (nSPS) is 13.3. The summed E-state index contributed by atoms with van der Waals surface area (Å²) in [5.41, 5.74) is 2.51. The van der Waals surface area contributed by atoms with Crippen molar-refractivity contribution in [1.29, 1.82) is 0 Å². The highest BCUT2D eigenvalue weighted by Crippen LogP contribution is 2.22. The molecule has 21 heavy (non-hydrogen) atoms. The first-order valence-corrected chi connectivity index (χ1v) is 8.37. The van der Waals surface area contributed by atoms with E-state index in [1.165, 1.54) is 5.56 Å². The molecule has 0 aliphatic carbocycles. The van der Waals surface area contributed by atoms with Crippen LogP contribution >= 0.6 is 0 Å². The SMILES string of the molecule is CCc1ccc(C(C)NS(=O)(=O)c2c(C)noc2C)cc1. The van der Waals surface area contributed by atoms with Gasteiger partial charge in [-0.15, -0.1) is 0 Å². The second-order valence-corrected chi connectivity index (χ2v) is 6.74. The molecule has 0 saturated carbocycles. The highest BCUT2D eigenvalue weighted by molar-refractivity contribution is 7.89. The van der Waals surface area contributed by atoms with Crippen LogP contribution in [0.3, 0.4) is 0 Å². The molecular formula is C15H20N2O3S. The van der Waals surface area contributed by atoms with Gasteiger partial charge in [0, 0.05) is 6.04 Å². The monoisotopic (exact) mass is 308 g/mol. The fraction of sp³-hybridized carbons (Fsp3) is 0.400. The molecule has 0 aliphatic heterocycles. The van der Waals surface area contributed by atoms with Crippen molar-refractivity contribution in [3.05, 3.63) is 46.8 Å². The molecule has 1 aromatic heterocycles. The van der Waals surface area contributed by atoms with Gasteiger partial charge in [0.1, 0.15) is 10.6 Å². The second-order valence-electron chi connectivity index (χ2n) is 5.09. The van der Waals surface area contributed by atoms with E-state index in [9.17, 15) is 8.42 Å². The fourth-order valence-corrected chi connectivity index (χ4v) is 3.82. The maximum atomic E-state index is 12.4. The lowest BCUT2D eigenvalue weighted by Gasteiger charge is -2.15. The van der Waals surface area contributed by atoms with Crippen LogP contribution in [0.25, 0.3) is 0 Å². The van der Waals surface area contributed by atoms with Crippen LogP contribution in [0, 0.1) is 13.8 Å². The van der Waals surface area contributed by atoms with E-state index in [0.717, 1.165) is 12.0 Å². The van der Waals surface area contributed by atoms with Crippen LogP contribution in [-0.2, 0) is 16.4 Å². The lowest BCUT2D eigenvalue weighted by atomic mass is 10.1. The van der Waals surface area contributed by atoms with Crippen LogP contribution < -0.4 is 4.72 Å². The van der Waals surface area contributed by atoms with Gasteiger partial charge in [-0.3, -0.25) is 0 Å². The fourth-order valence-electron chi connectivity index (χ4n) is 2.26. The van der Waals surface area contributed by atoms with Crippen molar-refractivity contribution >= 4 is 10.0 Å². The minimum absolute atomic E-state index is 0.125. The molecule has 1 aromatic carbocycles. The van der Waals surface area contributed by atoms with Crippen LogP contribution in [0.2, 0.25) is 0 Å². The molecule has 5 nitrogen and oxygen atoms in total. The number of aromatic nitrogens is 1. The summed E-state index contributed by atoms with van der Waals surface area (Å²) in [6.07, 6.45) is 0.958. The molecule has 0 radical (unpaired) electrons. The summed E-state index contributed by atoms with van der Waals surface area (Å²) in [4.78, 5) is 0.125. The number of nitrogens with one attached hydrogen (secondary N) is 1.